The molecule has 0 radical (unpaired) electrons. The lowest BCUT2D eigenvalue weighted by molar-refractivity contribution is -0.143. The first-order valence-corrected chi connectivity index (χ1v) is 11.8. The summed E-state index contributed by atoms with van der Waals surface area (Å²) in [5, 5.41) is 14.9. The highest BCUT2D eigenvalue weighted by molar-refractivity contribution is 5.85. The van der Waals surface area contributed by atoms with Gasteiger partial charge in [0.15, 0.2) is 0 Å². The van der Waals surface area contributed by atoms with Crippen LogP contribution >= 0.6 is 0 Å². The third-order valence-electron chi connectivity index (χ3n) is 6.99. The van der Waals surface area contributed by atoms with E-state index in [1.807, 2.05) is 31.2 Å². The largest absolute Gasteiger partial charge is 0.480 e. The maximum absolute atomic E-state index is 12.8. The van der Waals surface area contributed by atoms with E-state index in [1.165, 1.54) is 0 Å². The van der Waals surface area contributed by atoms with Crippen LogP contribution in [0.2, 0.25) is 0 Å². The summed E-state index contributed by atoms with van der Waals surface area (Å²) in [6, 6.07) is 15.3. The number of rotatable bonds is 9. The Morgan fingerprint density at radius 1 is 1.03 bits per heavy atom. The number of carboxylic acids is 1. The number of carbonyl (C=O) groups is 3. The number of ether oxygens (including phenoxy) is 1. The second kappa shape index (κ2) is 9.49. The second-order valence-electron chi connectivity index (χ2n) is 9.95. The van der Waals surface area contributed by atoms with Gasteiger partial charge in [0, 0.05) is 12.3 Å². The lowest BCUT2D eigenvalue weighted by Gasteiger charge is -2.31. The van der Waals surface area contributed by atoms with E-state index >= 15 is 0 Å². The minimum Gasteiger partial charge on any atom is -0.480 e. The molecule has 1 saturated carbocycles. The number of hydrogen-bond donors (Lipinski definition) is 3. The summed E-state index contributed by atoms with van der Waals surface area (Å²) in [6.07, 6.45) is 1.24. The molecule has 1 fully saturated rings. The quantitative estimate of drug-likeness (QED) is 0.513. The fraction of sp³-hybridized carbons (Fsp3) is 0.444. The first-order valence-electron chi connectivity index (χ1n) is 11.8. The molecule has 2 amide bonds. The second-order valence-corrected chi connectivity index (χ2v) is 9.95. The molecule has 2 aromatic carbocycles. The zero-order valence-corrected chi connectivity index (χ0v) is 19.8. The predicted octanol–water partition coefficient (Wildman–Crippen LogP) is 4.31. The van der Waals surface area contributed by atoms with Crippen molar-refractivity contribution in [1.29, 1.82) is 0 Å². The van der Waals surface area contributed by atoms with Gasteiger partial charge in [-0.2, -0.15) is 0 Å². The van der Waals surface area contributed by atoms with Gasteiger partial charge in [-0.05, 0) is 53.9 Å². The number of nitrogens with one attached hydrogen (secondary N) is 2. The Hall–Kier alpha value is -3.35. The Bertz CT molecular complexity index is 1050. The van der Waals surface area contributed by atoms with E-state index in [2.05, 4.69) is 34.9 Å². The number of alkyl carbamates (subject to hydrolysis) is 1. The Labute approximate surface area is 199 Å². The molecule has 0 heterocycles. The van der Waals surface area contributed by atoms with Crippen molar-refractivity contribution in [2.75, 3.05) is 6.61 Å². The molecule has 7 nitrogen and oxygen atoms in total. The number of carbonyl (C=O) groups excluding carboxylic acids is 2. The van der Waals surface area contributed by atoms with Crippen molar-refractivity contribution in [3.05, 3.63) is 59.7 Å². The van der Waals surface area contributed by atoms with Gasteiger partial charge in [0.2, 0.25) is 5.91 Å². The Morgan fingerprint density at radius 2 is 1.59 bits per heavy atom. The van der Waals surface area contributed by atoms with Crippen molar-refractivity contribution in [1.82, 2.24) is 10.6 Å². The molecule has 180 valence electrons. The number of aliphatic carboxylic acids is 1. The molecule has 2 atom stereocenters. The van der Waals surface area contributed by atoms with Crippen LogP contribution in [0.5, 0.6) is 0 Å². The van der Waals surface area contributed by atoms with Crippen LogP contribution < -0.4 is 10.6 Å². The average molecular weight is 465 g/mol. The van der Waals surface area contributed by atoms with Gasteiger partial charge in [0.05, 0.1) is 5.54 Å². The summed E-state index contributed by atoms with van der Waals surface area (Å²) >= 11 is 0. The van der Waals surface area contributed by atoms with Crippen LogP contribution in [0.15, 0.2) is 48.5 Å². The molecular weight excluding hydrogens is 432 g/mol. The maximum atomic E-state index is 12.8. The van der Waals surface area contributed by atoms with Gasteiger partial charge < -0.3 is 20.5 Å². The molecule has 0 aliphatic heterocycles. The van der Waals surface area contributed by atoms with E-state index in [-0.39, 0.29) is 30.8 Å². The van der Waals surface area contributed by atoms with Gasteiger partial charge >= 0.3 is 12.1 Å². The molecule has 0 bridgehead atoms. The monoisotopic (exact) mass is 464 g/mol. The Morgan fingerprint density at radius 3 is 2.09 bits per heavy atom. The van der Waals surface area contributed by atoms with Crippen molar-refractivity contribution in [2.24, 2.45) is 11.8 Å². The lowest BCUT2D eigenvalue weighted by atomic mass is 9.91. The van der Waals surface area contributed by atoms with Gasteiger partial charge in [-0.25, -0.2) is 9.59 Å². The summed E-state index contributed by atoms with van der Waals surface area (Å²) in [4.78, 5) is 36.9. The topological polar surface area (TPSA) is 105 Å². The summed E-state index contributed by atoms with van der Waals surface area (Å²) < 4.78 is 5.68. The number of benzene rings is 2. The molecule has 2 aliphatic carbocycles. The molecule has 0 aromatic heterocycles. The third-order valence-corrected chi connectivity index (χ3v) is 6.99. The third kappa shape index (κ3) is 4.93. The fourth-order valence-electron chi connectivity index (χ4n) is 4.95. The highest BCUT2D eigenvalue weighted by Gasteiger charge is 2.45. The van der Waals surface area contributed by atoms with Crippen molar-refractivity contribution >= 4 is 18.0 Å². The molecule has 0 saturated heterocycles. The summed E-state index contributed by atoms with van der Waals surface area (Å²) in [5.41, 5.74) is 3.78. The molecule has 0 spiro atoms. The van der Waals surface area contributed by atoms with Crippen LogP contribution in [-0.4, -0.2) is 41.3 Å². The van der Waals surface area contributed by atoms with Crippen LogP contribution in [0.25, 0.3) is 11.1 Å². The first kappa shape index (κ1) is 23.8. The standard InChI is InChI=1S/C27H32N2O5/c1-16(2)24(25(31)32)28-23(30)14-27(3,17-12-13-17)29-26(33)34-15-22-20-10-6-4-8-18(20)19-9-5-7-11-21(19)22/h4-11,16-17,22,24H,12-15H2,1-3H3,(H,28,30)(H,29,33)(H,31,32)/t24-,27?/m1/s1. The van der Waals surface area contributed by atoms with Gasteiger partial charge in [0.25, 0.3) is 0 Å². The van der Waals surface area contributed by atoms with Crippen LogP contribution in [0, 0.1) is 11.8 Å². The smallest absolute Gasteiger partial charge is 0.407 e. The minimum atomic E-state index is -1.07. The van der Waals surface area contributed by atoms with E-state index < -0.39 is 29.6 Å². The van der Waals surface area contributed by atoms with E-state index in [0.717, 1.165) is 35.1 Å². The molecule has 3 N–H and O–H groups in total. The van der Waals surface area contributed by atoms with Crippen molar-refractivity contribution in [3.8, 4) is 11.1 Å². The summed E-state index contributed by atoms with van der Waals surface area (Å²) in [5.74, 6) is -1.60. The van der Waals surface area contributed by atoms with Gasteiger partial charge in [-0.1, -0.05) is 62.4 Å². The Balaban J connectivity index is 1.40. The van der Waals surface area contributed by atoms with Crippen LogP contribution in [0.3, 0.4) is 0 Å². The number of carboxylic acid groups (broad SMARTS) is 1. The van der Waals surface area contributed by atoms with Crippen LogP contribution in [-0.2, 0) is 14.3 Å². The molecule has 1 unspecified atom stereocenters. The van der Waals surface area contributed by atoms with Crippen LogP contribution in [0.1, 0.15) is 57.1 Å². The number of amides is 2. The maximum Gasteiger partial charge on any atom is 0.407 e. The van der Waals surface area contributed by atoms with Crippen molar-refractivity contribution < 1.29 is 24.2 Å². The van der Waals surface area contributed by atoms with Crippen molar-refractivity contribution in [2.45, 2.75) is 57.5 Å². The molecule has 2 aliphatic rings. The fourth-order valence-corrected chi connectivity index (χ4v) is 4.95. The number of fused-ring (bicyclic) bond motifs is 3. The molecular formula is C27H32N2O5. The van der Waals surface area contributed by atoms with Gasteiger partial charge in [-0.3, -0.25) is 4.79 Å². The minimum absolute atomic E-state index is 0.00162. The number of hydrogen-bond acceptors (Lipinski definition) is 4. The normalized spacial score (nSPS) is 17.3. The highest BCUT2D eigenvalue weighted by atomic mass is 16.5. The van der Waals surface area contributed by atoms with E-state index in [9.17, 15) is 19.5 Å². The summed E-state index contributed by atoms with van der Waals surface area (Å²) in [6.45, 7) is 5.51. The van der Waals surface area contributed by atoms with E-state index in [1.54, 1.807) is 13.8 Å². The molecule has 2 aromatic rings. The Kier molecular flexibility index (Phi) is 6.64. The van der Waals surface area contributed by atoms with E-state index in [4.69, 9.17) is 4.74 Å². The molecule has 4 rings (SSSR count). The highest BCUT2D eigenvalue weighted by Crippen LogP contribution is 2.45. The van der Waals surface area contributed by atoms with Crippen molar-refractivity contribution in [3.63, 3.8) is 0 Å². The first-order chi connectivity index (χ1) is 16.2. The average Bonchev–Trinajstić information content (AvgIpc) is 3.60. The predicted molar refractivity (Wildman–Crippen MR) is 128 cm³/mol. The van der Waals surface area contributed by atoms with Gasteiger partial charge in [0.1, 0.15) is 12.6 Å². The zero-order valence-electron chi connectivity index (χ0n) is 19.8. The summed E-state index contributed by atoms with van der Waals surface area (Å²) in [7, 11) is 0. The van der Waals surface area contributed by atoms with Gasteiger partial charge in [-0.15, -0.1) is 0 Å². The lowest BCUT2D eigenvalue weighted by Crippen LogP contribution is -2.53. The SMILES string of the molecule is CC(C)[C@@H](NC(=O)CC(C)(NC(=O)OCC1c2ccccc2-c2ccccc21)C1CC1)C(=O)O. The zero-order chi connectivity index (χ0) is 24.5. The molecule has 7 heteroatoms. The van der Waals surface area contributed by atoms with Crippen LogP contribution in [0.4, 0.5) is 4.79 Å². The van der Waals surface area contributed by atoms with E-state index in [0.29, 0.717) is 0 Å². The molecule has 34 heavy (non-hydrogen) atoms.